The summed E-state index contributed by atoms with van der Waals surface area (Å²) < 4.78 is 18.6. The maximum absolute atomic E-state index is 13.0. The normalized spacial score (nSPS) is 22.6. The van der Waals surface area contributed by atoms with E-state index < -0.39 is 16.7 Å². The zero-order valence-corrected chi connectivity index (χ0v) is 15.1. The van der Waals surface area contributed by atoms with E-state index in [4.69, 9.17) is 4.74 Å². The van der Waals surface area contributed by atoms with E-state index in [1.165, 1.54) is 25.5 Å². The molecule has 1 aliphatic carbocycles. The van der Waals surface area contributed by atoms with Gasteiger partial charge in [0.05, 0.1) is 16.9 Å². The average Bonchev–Trinajstić information content (AvgIpc) is 2.54. The van der Waals surface area contributed by atoms with Crippen molar-refractivity contribution in [2.75, 3.05) is 6.61 Å². The summed E-state index contributed by atoms with van der Waals surface area (Å²) in [6, 6.07) is 0. The molecule has 0 saturated heterocycles. The molecule has 6 nitrogen and oxygen atoms in total. The van der Waals surface area contributed by atoms with Crippen molar-refractivity contribution in [1.82, 2.24) is 5.32 Å². The van der Waals surface area contributed by atoms with Crippen molar-refractivity contribution in [1.29, 1.82) is 0 Å². The molecule has 0 heterocycles. The van der Waals surface area contributed by atoms with E-state index in [-0.39, 0.29) is 24.1 Å². The summed E-state index contributed by atoms with van der Waals surface area (Å²) in [5.41, 5.74) is -0.311. The van der Waals surface area contributed by atoms with Crippen molar-refractivity contribution in [3.8, 4) is 0 Å². The largest absolute Gasteiger partial charge is 0.368 e. The lowest BCUT2D eigenvalue weighted by Crippen LogP contribution is -2.32. The lowest BCUT2D eigenvalue weighted by molar-refractivity contribution is -0.421. The monoisotopic (exact) mass is 354 g/mol. The fraction of sp³-hybridized carbons (Fsp3) is 0.611. The van der Waals surface area contributed by atoms with Gasteiger partial charge in [0.25, 0.3) is 11.6 Å². The fourth-order valence-electron chi connectivity index (χ4n) is 2.78. The van der Waals surface area contributed by atoms with Gasteiger partial charge < -0.3 is 10.1 Å². The van der Waals surface area contributed by atoms with Gasteiger partial charge in [-0.1, -0.05) is 26.7 Å². The van der Waals surface area contributed by atoms with Crippen LogP contribution < -0.4 is 5.32 Å². The van der Waals surface area contributed by atoms with Crippen molar-refractivity contribution < 1.29 is 18.8 Å². The highest BCUT2D eigenvalue weighted by atomic mass is 19.1. The number of rotatable bonds is 8. The van der Waals surface area contributed by atoms with Crippen molar-refractivity contribution in [3.05, 3.63) is 45.6 Å². The highest BCUT2D eigenvalue weighted by Crippen LogP contribution is 2.25. The van der Waals surface area contributed by atoms with Crippen LogP contribution in [0.4, 0.5) is 4.39 Å². The third-order valence-corrected chi connectivity index (χ3v) is 3.96. The zero-order chi connectivity index (χ0) is 18.8. The number of nitrogens with one attached hydrogen (secondary N) is 1. The molecule has 0 aromatic carbocycles. The molecule has 0 aromatic heterocycles. The Morgan fingerprint density at radius 1 is 1.40 bits per heavy atom. The van der Waals surface area contributed by atoms with E-state index in [2.05, 4.69) is 12.2 Å². The standard InChI is InChI=1S/C18H27FN2O4/c1-4-6-17(21(23)24)16(10-9-14(3)19)20-18(22)12-25-15-8-5-7-13(2)11-15/h6,9-10,13,15H,4-5,7-8,11-12H2,1-3H3,(H,20,22)/b14-9+,16-10+,17-6+. The first kappa shape index (κ1) is 21.0. The summed E-state index contributed by atoms with van der Waals surface area (Å²) in [4.78, 5) is 22.7. The van der Waals surface area contributed by atoms with Gasteiger partial charge in [0.15, 0.2) is 0 Å². The molecule has 2 atom stereocenters. The summed E-state index contributed by atoms with van der Waals surface area (Å²) in [6.07, 6.45) is 8.17. The fourth-order valence-corrected chi connectivity index (χ4v) is 2.78. The molecule has 0 bridgehead atoms. The molecule has 7 heteroatoms. The summed E-state index contributed by atoms with van der Waals surface area (Å²) in [5.74, 6) is -0.430. The third-order valence-electron chi connectivity index (χ3n) is 3.96. The van der Waals surface area contributed by atoms with Crippen LogP contribution in [0.15, 0.2) is 35.4 Å². The molecule has 1 amide bonds. The Bertz CT molecular complexity index is 565. The number of carbonyl (C=O) groups excluding carboxylic acids is 1. The number of carbonyl (C=O) groups is 1. The van der Waals surface area contributed by atoms with Gasteiger partial charge in [0, 0.05) is 0 Å². The highest BCUT2D eigenvalue weighted by Gasteiger charge is 2.22. The first-order valence-corrected chi connectivity index (χ1v) is 8.63. The minimum absolute atomic E-state index is 0.0380. The van der Waals surface area contributed by atoms with Gasteiger partial charge in [-0.05, 0) is 50.3 Å². The minimum Gasteiger partial charge on any atom is -0.368 e. The number of hydrogen-bond donors (Lipinski definition) is 1. The SMILES string of the molecule is CC\C=C(/C(=C\C=C(/C)F)NC(=O)COC1CCCC(C)C1)[N+](=O)[O-]. The molecule has 25 heavy (non-hydrogen) atoms. The molecule has 1 aliphatic rings. The van der Waals surface area contributed by atoms with E-state index in [0.717, 1.165) is 25.3 Å². The Labute approximate surface area is 148 Å². The number of nitro groups is 1. The average molecular weight is 354 g/mol. The molecule has 2 unspecified atom stereocenters. The molecular formula is C18H27FN2O4. The molecule has 1 fully saturated rings. The second-order valence-corrected chi connectivity index (χ2v) is 6.34. The van der Waals surface area contributed by atoms with Gasteiger partial charge in [0.2, 0.25) is 0 Å². The van der Waals surface area contributed by atoms with E-state index in [0.29, 0.717) is 12.3 Å². The van der Waals surface area contributed by atoms with Crippen LogP contribution in [0.5, 0.6) is 0 Å². The number of nitrogens with zero attached hydrogens (tertiary/aromatic N) is 1. The zero-order valence-electron chi connectivity index (χ0n) is 15.1. The van der Waals surface area contributed by atoms with Gasteiger partial charge in [0.1, 0.15) is 12.3 Å². The van der Waals surface area contributed by atoms with E-state index >= 15 is 0 Å². The third kappa shape index (κ3) is 8.07. The Morgan fingerprint density at radius 2 is 2.12 bits per heavy atom. The topological polar surface area (TPSA) is 81.5 Å². The molecule has 0 radical (unpaired) electrons. The van der Waals surface area contributed by atoms with Crippen LogP contribution in [-0.4, -0.2) is 23.5 Å². The van der Waals surface area contributed by atoms with Crippen LogP contribution >= 0.6 is 0 Å². The van der Waals surface area contributed by atoms with E-state index in [9.17, 15) is 19.3 Å². The smallest absolute Gasteiger partial charge is 0.288 e. The second kappa shape index (κ2) is 10.8. The number of amides is 1. The maximum atomic E-state index is 13.0. The van der Waals surface area contributed by atoms with Crippen LogP contribution in [0, 0.1) is 16.0 Å². The summed E-state index contributed by atoms with van der Waals surface area (Å²) in [5, 5.41) is 13.7. The second-order valence-electron chi connectivity index (χ2n) is 6.34. The van der Waals surface area contributed by atoms with Gasteiger partial charge in [-0.15, -0.1) is 0 Å². The van der Waals surface area contributed by atoms with Crippen molar-refractivity contribution in [3.63, 3.8) is 0 Å². The Kier molecular flexibility index (Phi) is 9.05. The Morgan fingerprint density at radius 3 is 2.68 bits per heavy atom. The van der Waals surface area contributed by atoms with Crippen molar-refractivity contribution >= 4 is 5.91 Å². The van der Waals surface area contributed by atoms with Crippen molar-refractivity contribution in [2.45, 2.75) is 59.0 Å². The molecule has 0 aliphatic heterocycles. The molecule has 1 rings (SSSR count). The molecule has 140 valence electrons. The van der Waals surface area contributed by atoms with Crippen LogP contribution in [0.25, 0.3) is 0 Å². The quantitative estimate of drug-likeness (QED) is 0.405. The van der Waals surface area contributed by atoms with E-state index in [1.54, 1.807) is 6.92 Å². The maximum Gasteiger partial charge on any atom is 0.288 e. The van der Waals surface area contributed by atoms with Gasteiger partial charge >= 0.3 is 0 Å². The predicted molar refractivity (Wildman–Crippen MR) is 93.8 cm³/mol. The summed E-state index contributed by atoms with van der Waals surface area (Å²) in [7, 11) is 0. The van der Waals surface area contributed by atoms with Gasteiger partial charge in [-0.25, -0.2) is 4.39 Å². The lowest BCUT2D eigenvalue weighted by Gasteiger charge is -2.26. The predicted octanol–water partition coefficient (Wildman–Crippen LogP) is 4.03. The van der Waals surface area contributed by atoms with Crippen LogP contribution in [0.1, 0.15) is 52.9 Å². The first-order valence-electron chi connectivity index (χ1n) is 8.63. The van der Waals surface area contributed by atoms with Crippen LogP contribution in [0.2, 0.25) is 0 Å². The Hall–Kier alpha value is -2.02. The molecular weight excluding hydrogens is 327 g/mol. The number of ether oxygens (including phenoxy) is 1. The molecule has 0 aromatic rings. The van der Waals surface area contributed by atoms with E-state index in [1.807, 2.05) is 0 Å². The number of halogens is 1. The first-order chi connectivity index (χ1) is 11.8. The van der Waals surface area contributed by atoms with Gasteiger partial charge in [-0.3, -0.25) is 14.9 Å². The molecule has 1 N–H and O–H groups in total. The van der Waals surface area contributed by atoms with Crippen LogP contribution in [-0.2, 0) is 9.53 Å². The number of allylic oxidation sites excluding steroid dienone is 4. The Balaban J connectivity index is 2.74. The highest BCUT2D eigenvalue weighted by molar-refractivity contribution is 5.79. The van der Waals surface area contributed by atoms with Crippen LogP contribution in [0.3, 0.4) is 0 Å². The summed E-state index contributed by atoms with van der Waals surface area (Å²) >= 11 is 0. The molecule has 1 saturated carbocycles. The molecule has 0 spiro atoms. The van der Waals surface area contributed by atoms with Crippen molar-refractivity contribution in [2.24, 2.45) is 5.92 Å². The summed E-state index contributed by atoms with van der Waals surface area (Å²) in [6.45, 7) is 4.94. The van der Waals surface area contributed by atoms with Gasteiger partial charge in [-0.2, -0.15) is 0 Å². The lowest BCUT2D eigenvalue weighted by atomic mass is 9.89. The minimum atomic E-state index is -0.597. The number of hydrogen-bond acceptors (Lipinski definition) is 4.